The van der Waals surface area contributed by atoms with Crippen LogP contribution in [0, 0.1) is 5.92 Å². The highest BCUT2D eigenvalue weighted by Crippen LogP contribution is 2.09. The molecule has 0 aliphatic heterocycles. The third-order valence-corrected chi connectivity index (χ3v) is 3.58. The van der Waals surface area contributed by atoms with Crippen LogP contribution >= 0.6 is 12.4 Å². The van der Waals surface area contributed by atoms with Crippen LogP contribution in [0.5, 0.6) is 0 Å². The monoisotopic (exact) mass is 379 g/mol. The lowest BCUT2D eigenvalue weighted by Gasteiger charge is -2.19. The highest BCUT2D eigenvalue weighted by atomic mass is 35.5. The predicted molar refractivity (Wildman–Crippen MR) is 96.4 cm³/mol. The SMILES string of the molecule is CCCNC(=O)C(=O)[C@H](CCCCN)NC(=O)[C@@H](C)CCC(=O)O.Cl. The summed E-state index contributed by atoms with van der Waals surface area (Å²) in [6.07, 6.45) is 2.37. The van der Waals surface area contributed by atoms with Crippen LogP contribution in [0.3, 0.4) is 0 Å². The Kier molecular flexibility index (Phi) is 15.0. The van der Waals surface area contributed by atoms with Gasteiger partial charge in [0.05, 0.1) is 6.04 Å². The Labute approximate surface area is 154 Å². The first-order valence-corrected chi connectivity index (χ1v) is 8.37. The van der Waals surface area contributed by atoms with Gasteiger partial charge in [0.15, 0.2) is 0 Å². The summed E-state index contributed by atoms with van der Waals surface area (Å²) in [4.78, 5) is 46.7. The molecule has 0 fully saturated rings. The van der Waals surface area contributed by atoms with Crippen molar-refractivity contribution in [3.05, 3.63) is 0 Å². The summed E-state index contributed by atoms with van der Waals surface area (Å²) in [5.74, 6) is -3.35. The molecule has 146 valence electrons. The standard InChI is InChI=1S/C16H29N3O5.ClH/c1-3-10-18-16(24)14(22)12(6-4-5-9-17)19-15(23)11(2)7-8-13(20)21;/h11-12H,3-10,17H2,1-2H3,(H,18,24)(H,19,23)(H,20,21);1H/t11-,12-;/m0./s1. The second-order valence-corrected chi connectivity index (χ2v) is 5.80. The average molecular weight is 380 g/mol. The second kappa shape index (κ2) is 14.7. The van der Waals surface area contributed by atoms with Gasteiger partial charge in [-0.15, -0.1) is 12.4 Å². The number of hydrogen-bond acceptors (Lipinski definition) is 5. The molecule has 0 aromatic rings. The zero-order valence-electron chi connectivity index (χ0n) is 14.9. The first-order valence-electron chi connectivity index (χ1n) is 8.37. The van der Waals surface area contributed by atoms with E-state index in [1.165, 1.54) is 0 Å². The first kappa shape index (κ1) is 25.6. The molecule has 0 bridgehead atoms. The maximum Gasteiger partial charge on any atom is 0.303 e. The normalized spacial score (nSPS) is 12.4. The summed E-state index contributed by atoms with van der Waals surface area (Å²) in [6.45, 7) is 4.32. The van der Waals surface area contributed by atoms with E-state index in [0.29, 0.717) is 38.8 Å². The summed E-state index contributed by atoms with van der Waals surface area (Å²) < 4.78 is 0. The Hall–Kier alpha value is -1.67. The molecule has 8 nitrogen and oxygen atoms in total. The maximum absolute atomic E-state index is 12.2. The fourth-order valence-electron chi connectivity index (χ4n) is 2.03. The van der Waals surface area contributed by atoms with Crippen LogP contribution in [0.2, 0.25) is 0 Å². The van der Waals surface area contributed by atoms with Crippen molar-refractivity contribution >= 4 is 36.0 Å². The van der Waals surface area contributed by atoms with Gasteiger partial charge in [-0.1, -0.05) is 13.8 Å². The van der Waals surface area contributed by atoms with Gasteiger partial charge in [-0.3, -0.25) is 19.2 Å². The summed E-state index contributed by atoms with van der Waals surface area (Å²) in [6, 6.07) is -0.909. The number of nitrogens with one attached hydrogen (secondary N) is 2. The molecule has 0 aliphatic carbocycles. The van der Waals surface area contributed by atoms with Gasteiger partial charge in [0.1, 0.15) is 0 Å². The number of ketones is 1. The number of carboxylic acid groups (broad SMARTS) is 1. The number of carbonyl (C=O) groups is 4. The van der Waals surface area contributed by atoms with E-state index in [1.807, 2.05) is 6.92 Å². The van der Waals surface area contributed by atoms with Crippen molar-refractivity contribution in [2.24, 2.45) is 11.7 Å². The number of Topliss-reactive ketones (excluding diaryl/α,β-unsaturated/α-hetero) is 1. The lowest BCUT2D eigenvalue weighted by Crippen LogP contribution is -2.49. The maximum atomic E-state index is 12.2. The van der Waals surface area contributed by atoms with Gasteiger partial charge in [-0.05, 0) is 38.6 Å². The average Bonchev–Trinajstić information content (AvgIpc) is 2.55. The number of rotatable bonds is 13. The van der Waals surface area contributed by atoms with Gasteiger partial charge in [0, 0.05) is 18.9 Å². The third-order valence-electron chi connectivity index (χ3n) is 3.58. The molecule has 0 radical (unpaired) electrons. The minimum absolute atomic E-state index is 0. The van der Waals surface area contributed by atoms with Gasteiger partial charge >= 0.3 is 5.97 Å². The molecule has 25 heavy (non-hydrogen) atoms. The topological polar surface area (TPSA) is 139 Å². The van der Waals surface area contributed by atoms with Gasteiger partial charge in [-0.2, -0.15) is 0 Å². The Balaban J connectivity index is 0. The van der Waals surface area contributed by atoms with E-state index in [-0.39, 0.29) is 25.2 Å². The van der Waals surface area contributed by atoms with Crippen molar-refractivity contribution in [2.45, 2.75) is 58.4 Å². The molecule has 0 aromatic heterocycles. The van der Waals surface area contributed by atoms with E-state index in [9.17, 15) is 19.2 Å². The van der Waals surface area contributed by atoms with Crippen molar-refractivity contribution in [3.8, 4) is 0 Å². The molecule has 5 N–H and O–H groups in total. The van der Waals surface area contributed by atoms with Gasteiger partial charge in [0.2, 0.25) is 11.7 Å². The van der Waals surface area contributed by atoms with E-state index >= 15 is 0 Å². The van der Waals surface area contributed by atoms with Gasteiger partial charge in [0.25, 0.3) is 5.91 Å². The van der Waals surface area contributed by atoms with E-state index in [2.05, 4.69) is 10.6 Å². The number of hydrogen-bond donors (Lipinski definition) is 4. The number of carbonyl (C=O) groups excluding carboxylic acids is 3. The molecule has 0 unspecified atom stereocenters. The van der Waals surface area contributed by atoms with Crippen LogP contribution in [-0.4, -0.2) is 47.8 Å². The van der Waals surface area contributed by atoms with Crippen LogP contribution < -0.4 is 16.4 Å². The molecule has 0 saturated heterocycles. The van der Waals surface area contributed by atoms with E-state index in [4.69, 9.17) is 10.8 Å². The zero-order chi connectivity index (χ0) is 18.5. The fourth-order valence-corrected chi connectivity index (χ4v) is 2.03. The Morgan fingerprint density at radius 2 is 1.76 bits per heavy atom. The molecule has 2 atom stereocenters. The van der Waals surface area contributed by atoms with E-state index in [0.717, 1.165) is 0 Å². The number of halogens is 1. The van der Waals surface area contributed by atoms with Crippen LogP contribution in [0.4, 0.5) is 0 Å². The molecule has 9 heteroatoms. The van der Waals surface area contributed by atoms with Crippen LogP contribution in [0.15, 0.2) is 0 Å². The molecule has 0 spiro atoms. The molecule has 0 heterocycles. The molecular formula is C16H30ClN3O5. The minimum atomic E-state index is -0.982. The number of aliphatic carboxylic acids is 1. The minimum Gasteiger partial charge on any atom is -0.481 e. The van der Waals surface area contributed by atoms with Crippen molar-refractivity contribution in [1.82, 2.24) is 10.6 Å². The molecular weight excluding hydrogens is 350 g/mol. The molecule has 0 saturated carbocycles. The third kappa shape index (κ3) is 11.5. The number of amides is 2. The summed E-state index contributed by atoms with van der Waals surface area (Å²) in [7, 11) is 0. The Bertz CT molecular complexity index is 445. The molecule has 0 aromatic carbocycles. The quantitative estimate of drug-likeness (QED) is 0.273. The van der Waals surface area contributed by atoms with Crippen LogP contribution in [0.25, 0.3) is 0 Å². The number of nitrogens with two attached hydrogens (primary N) is 1. The number of unbranched alkanes of at least 4 members (excludes halogenated alkanes) is 1. The summed E-state index contributed by atoms with van der Waals surface area (Å²) in [5.41, 5.74) is 5.43. The van der Waals surface area contributed by atoms with E-state index in [1.54, 1.807) is 6.92 Å². The summed E-state index contributed by atoms with van der Waals surface area (Å²) in [5, 5.41) is 13.7. The molecule has 0 rings (SSSR count). The zero-order valence-corrected chi connectivity index (χ0v) is 15.7. The van der Waals surface area contributed by atoms with Crippen LogP contribution in [0.1, 0.15) is 52.4 Å². The highest BCUT2D eigenvalue weighted by Gasteiger charge is 2.27. The Morgan fingerprint density at radius 3 is 2.28 bits per heavy atom. The smallest absolute Gasteiger partial charge is 0.303 e. The molecule has 0 aliphatic rings. The highest BCUT2D eigenvalue weighted by molar-refractivity contribution is 6.38. The van der Waals surface area contributed by atoms with Crippen molar-refractivity contribution in [2.75, 3.05) is 13.1 Å². The first-order chi connectivity index (χ1) is 11.3. The van der Waals surface area contributed by atoms with Crippen LogP contribution in [-0.2, 0) is 19.2 Å². The predicted octanol–water partition coefficient (Wildman–Crippen LogP) is 0.618. The summed E-state index contributed by atoms with van der Waals surface area (Å²) >= 11 is 0. The van der Waals surface area contributed by atoms with Gasteiger partial charge < -0.3 is 21.5 Å². The van der Waals surface area contributed by atoms with E-state index < -0.39 is 35.5 Å². The van der Waals surface area contributed by atoms with Crippen molar-refractivity contribution in [1.29, 1.82) is 0 Å². The fraction of sp³-hybridized carbons (Fsp3) is 0.750. The lowest BCUT2D eigenvalue weighted by atomic mass is 10.0. The van der Waals surface area contributed by atoms with Crippen molar-refractivity contribution in [3.63, 3.8) is 0 Å². The number of carboxylic acids is 1. The second-order valence-electron chi connectivity index (χ2n) is 5.80. The molecule has 2 amide bonds. The Morgan fingerprint density at radius 1 is 1.12 bits per heavy atom. The van der Waals surface area contributed by atoms with Gasteiger partial charge in [-0.25, -0.2) is 0 Å². The lowest BCUT2D eigenvalue weighted by molar-refractivity contribution is -0.140. The van der Waals surface area contributed by atoms with Crippen molar-refractivity contribution < 1.29 is 24.3 Å². The largest absolute Gasteiger partial charge is 0.481 e.